The molecule has 0 aliphatic heterocycles. The minimum atomic E-state index is 0.332. The van der Waals surface area contributed by atoms with Crippen molar-refractivity contribution in [3.05, 3.63) is 65.0 Å². The van der Waals surface area contributed by atoms with Gasteiger partial charge < -0.3 is 5.32 Å². The Labute approximate surface area is 115 Å². The molecule has 0 radical (unpaired) electrons. The molecule has 100 valence electrons. The topological polar surface area (TPSA) is 24.9 Å². The fourth-order valence-electron chi connectivity index (χ4n) is 2.51. The van der Waals surface area contributed by atoms with E-state index >= 15 is 0 Å². The van der Waals surface area contributed by atoms with Gasteiger partial charge in [0.25, 0.3) is 0 Å². The first kappa shape index (κ1) is 13.8. The predicted molar refractivity (Wildman–Crippen MR) is 80.3 cm³/mol. The molecule has 1 aromatic carbocycles. The van der Waals surface area contributed by atoms with Gasteiger partial charge in [-0.1, -0.05) is 31.2 Å². The maximum absolute atomic E-state index is 4.23. The van der Waals surface area contributed by atoms with E-state index in [1.165, 1.54) is 22.3 Å². The molecule has 2 aromatic rings. The SMILES string of the molecule is CCNC(Cc1c(C)cccc1C)c1cccnc1. The fourth-order valence-corrected chi connectivity index (χ4v) is 2.51. The minimum absolute atomic E-state index is 0.332. The first-order chi connectivity index (χ1) is 9.22. The quantitative estimate of drug-likeness (QED) is 0.882. The highest BCUT2D eigenvalue weighted by Gasteiger charge is 2.13. The second-order valence-corrected chi connectivity index (χ2v) is 4.97. The van der Waals surface area contributed by atoms with E-state index in [0.29, 0.717) is 6.04 Å². The zero-order valence-electron chi connectivity index (χ0n) is 12.0. The van der Waals surface area contributed by atoms with Crippen LogP contribution in [-0.2, 0) is 6.42 Å². The highest BCUT2D eigenvalue weighted by Crippen LogP contribution is 2.22. The van der Waals surface area contributed by atoms with E-state index in [0.717, 1.165) is 13.0 Å². The van der Waals surface area contributed by atoms with E-state index in [9.17, 15) is 0 Å². The summed E-state index contributed by atoms with van der Waals surface area (Å²) in [5, 5.41) is 3.56. The summed E-state index contributed by atoms with van der Waals surface area (Å²) in [5.41, 5.74) is 5.43. The summed E-state index contributed by atoms with van der Waals surface area (Å²) in [6.07, 6.45) is 4.80. The molecule has 0 fully saturated rings. The molecule has 2 heteroatoms. The summed E-state index contributed by atoms with van der Waals surface area (Å²) in [4.78, 5) is 4.23. The summed E-state index contributed by atoms with van der Waals surface area (Å²) in [6.45, 7) is 7.49. The van der Waals surface area contributed by atoms with E-state index in [4.69, 9.17) is 0 Å². The first-order valence-electron chi connectivity index (χ1n) is 6.90. The van der Waals surface area contributed by atoms with Gasteiger partial charge in [0, 0.05) is 18.4 Å². The molecule has 0 saturated carbocycles. The third-order valence-corrected chi connectivity index (χ3v) is 3.59. The molecule has 0 aliphatic rings. The van der Waals surface area contributed by atoms with Crippen LogP contribution >= 0.6 is 0 Å². The molecule has 0 aliphatic carbocycles. The van der Waals surface area contributed by atoms with Crippen LogP contribution in [0.4, 0.5) is 0 Å². The van der Waals surface area contributed by atoms with E-state index < -0.39 is 0 Å². The number of rotatable bonds is 5. The number of nitrogens with zero attached hydrogens (tertiary/aromatic N) is 1. The summed E-state index contributed by atoms with van der Waals surface area (Å²) >= 11 is 0. The summed E-state index contributed by atoms with van der Waals surface area (Å²) in [7, 11) is 0. The lowest BCUT2D eigenvalue weighted by molar-refractivity contribution is 0.546. The average molecular weight is 254 g/mol. The van der Waals surface area contributed by atoms with Crippen LogP contribution < -0.4 is 5.32 Å². The zero-order chi connectivity index (χ0) is 13.7. The molecule has 0 saturated heterocycles. The van der Waals surface area contributed by atoms with Crippen molar-refractivity contribution >= 4 is 0 Å². The number of pyridine rings is 1. The van der Waals surface area contributed by atoms with Gasteiger partial charge in [-0.2, -0.15) is 0 Å². The second-order valence-electron chi connectivity index (χ2n) is 4.97. The Kier molecular flexibility index (Phi) is 4.69. The fraction of sp³-hybridized carbons (Fsp3) is 0.353. The van der Waals surface area contributed by atoms with Gasteiger partial charge >= 0.3 is 0 Å². The molecule has 2 nitrogen and oxygen atoms in total. The van der Waals surface area contributed by atoms with Crippen LogP contribution in [0.2, 0.25) is 0 Å². The van der Waals surface area contributed by atoms with Gasteiger partial charge in [0.15, 0.2) is 0 Å². The number of nitrogens with one attached hydrogen (secondary N) is 1. The summed E-state index contributed by atoms with van der Waals surface area (Å²) in [5.74, 6) is 0. The van der Waals surface area contributed by atoms with Crippen LogP contribution in [0.3, 0.4) is 0 Å². The van der Waals surface area contributed by atoms with Gasteiger partial charge in [-0.05, 0) is 55.1 Å². The lowest BCUT2D eigenvalue weighted by atomic mass is 9.93. The molecule has 1 atom stereocenters. The van der Waals surface area contributed by atoms with Crippen LogP contribution in [0.25, 0.3) is 0 Å². The molecule has 0 amide bonds. The molecule has 1 unspecified atom stereocenters. The Morgan fingerprint density at radius 2 is 1.84 bits per heavy atom. The van der Waals surface area contributed by atoms with Gasteiger partial charge in [-0.25, -0.2) is 0 Å². The standard InChI is InChI=1S/C17H22N2/c1-4-19-17(15-9-6-10-18-12-15)11-16-13(2)7-5-8-14(16)3/h5-10,12,17,19H,4,11H2,1-3H3. The zero-order valence-corrected chi connectivity index (χ0v) is 12.0. The molecule has 1 N–H and O–H groups in total. The molecule has 2 rings (SSSR count). The number of likely N-dealkylation sites (N-methyl/N-ethyl adjacent to an activating group) is 1. The Morgan fingerprint density at radius 1 is 1.11 bits per heavy atom. The average Bonchev–Trinajstić information content (AvgIpc) is 2.43. The molecule has 0 spiro atoms. The molecule has 19 heavy (non-hydrogen) atoms. The van der Waals surface area contributed by atoms with Crippen molar-refractivity contribution in [3.8, 4) is 0 Å². The second kappa shape index (κ2) is 6.48. The molecular weight excluding hydrogens is 232 g/mol. The number of aryl methyl sites for hydroxylation is 2. The van der Waals surface area contributed by atoms with Gasteiger partial charge in [0.1, 0.15) is 0 Å². The predicted octanol–water partition coefficient (Wildman–Crippen LogP) is 3.59. The normalized spacial score (nSPS) is 12.4. The summed E-state index contributed by atoms with van der Waals surface area (Å²) < 4.78 is 0. The van der Waals surface area contributed by atoms with Crippen LogP contribution in [0, 0.1) is 13.8 Å². The van der Waals surface area contributed by atoms with Crippen molar-refractivity contribution in [2.75, 3.05) is 6.54 Å². The number of hydrogen-bond acceptors (Lipinski definition) is 2. The molecule has 0 bridgehead atoms. The lowest BCUT2D eigenvalue weighted by Gasteiger charge is -2.20. The van der Waals surface area contributed by atoms with Crippen molar-refractivity contribution < 1.29 is 0 Å². The van der Waals surface area contributed by atoms with Gasteiger partial charge in [-0.3, -0.25) is 4.98 Å². The Hall–Kier alpha value is -1.67. The largest absolute Gasteiger partial charge is 0.310 e. The number of hydrogen-bond donors (Lipinski definition) is 1. The van der Waals surface area contributed by atoms with E-state index in [2.05, 4.69) is 55.3 Å². The van der Waals surface area contributed by atoms with E-state index in [1.54, 1.807) is 0 Å². The van der Waals surface area contributed by atoms with Crippen molar-refractivity contribution in [3.63, 3.8) is 0 Å². The van der Waals surface area contributed by atoms with Crippen LogP contribution in [0.15, 0.2) is 42.7 Å². The first-order valence-corrected chi connectivity index (χ1v) is 6.90. The lowest BCUT2D eigenvalue weighted by Crippen LogP contribution is -2.23. The maximum atomic E-state index is 4.23. The minimum Gasteiger partial charge on any atom is -0.310 e. The Morgan fingerprint density at radius 3 is 2.42 bits per heavy atom. The number of benzene rings is 1. The number of aromatic nitrogens is 1. The van der Waals surface area contributed by atoms with Crippen molar-refractivity contribution in [2.24, 2.45) is 0 Å². The molecular formula is C17H22N2. The van der Waals surface area contributed by atoms with E-state index in [-0.39, 0.29) is 0 Å². The van der Waals surface area contributed by atoms with Crippen LogP contribution in [0.1, 0.15) is 35.2 Å². The smallest absolute Gasteiger partial charge is 0.0376 e. The Balaban J connectivity index is 2.27. The molecule has 1 aromatic heterocycles. The third-order valence-electron chi connectivity index (χ3n) is 3.59. The van der Waals surface area contributed by atoms with Crippen molar-refractivity contribution in [2.45, 2.75) is 33.2 Å². The third kappa shape index (κ3) is 3.42. The highest BCUT2D eigenvalue weighted by molar-refractivity contribution is 5.35. The van der Waals surface area contributed by atoms with Crippen molar-refractivity contribution in [1.82, 2.24) is 10.3 Å². The maximum Gasteiger partial charge on any atom is 0.0376 e. The highest BCUT2D eigenvalue weighted by atomic mass is 14.9. The molecule has 1 heterocycles. The Bertz CT molecular complexity index is 500. The summed E-state index contributed by atoms with van der Waals surface area (Å²) in [6, 6.07) is 11.0. The van der Waals surface area contributed by atoms with E-state index in [1.807, 2.05) is 18.5 Å². The van der Waals surface area contributed by atoms with Gasteiger partial charge in [-0.15, -0.1) is 0 Å². The van der Waals surface area contributed by atoms with Gasteiger partial charge in [0.2, 0.25) is 0 Å². The van der Waals surface area contributed by atoms with Crippen LogP contribution in [0.5, 0.6) is 0 Å². The van der Waals surface area contributed by atoms with Gasteiger partial charge in [0.05, 0.1) is 0 Å². The monoisotopic (exact) mass is 254 g/mol. The van der Waals surface area contributed by atoms with Crippen molar-refractivity contribution in [1.29, 1.82) is 0 Å². The van der Waals surface area contributed by atoms with Crippen LogP contribution in [-0.4, -0.2) is 11.5 Å².